The Hall–Kier alpha value is -4.20. The van der Waals surface area contributed by atoms with Crippen LogP contribution < -0.4 is 21.6 Å². The van der Waals surface area contributed by atoms with Gasteiger partial charge in [0.05, 0.1) is 6.61 Å². The molecule has 0 bridgehead atoms. The van der Waals surface area contributed by atoms with Crippen molar-refractivity contribution in [3.63, 3.8) is 0 Å². The normalized spacial score (nSPS) is 11.1. The quantitative estimate of drug-likeness (QED) is 0.109. The van der Waals surface area contributed by atoms with Gasteiger partial charge in [-0.15, -0.1) is 0 Å². The van der Waals surface area contributed by atoms with E-state index in [0.29, 0.717) is 41.9 Å². The molecular formula is C29H37BN4O8. The molecule has 42 heavy (non-hydrogen) atoms. The highest BCUT2D eigenvalue weighted by Gasteiger charge is 2.17. The van der Waals surface area contributed by atoms with E-state index in [1.807, 2.05) is 0 Å². The number of carbonyl (C=O) groups excluding carboxylic acids is 3. The summed E-state index contributed by atoms with van der Waals surface area (Å²) in [6, 6.07) is 15.0. The van der Waals surface area contributed by atoms with Crippen LogP contribution in [0.1, 0.15) is 68.9 Å². The van der Waals surface area contributed by atoms with Crippen LogP contribution in [0.3, 0.4) is 0 Å². The lowest BCUT2D eigenvalue weighted by molar-refractivity contribution is -0.134. The summed E-state index contributed by atoms with van der Waals surface area (Å²) in [7, 11) is -1.52. The zero-order valence-corrected chi connectivity index (χ0v) is 24.0. The molecule has 2 aromatic carbocycles. The lowest BCUT2D eigenvalue weighted by Gasteiger charge is -2.19. The third kappa shape index (κ3) is 11.4. The van der Waals surface area contributed by atoms with Crippen molar-refractivity contribution in [2.24, 2.45) is 0 Å². The lowest BCUT2D eigenvalue weighted by atomic mass is 9.80. The number of aromatic nitrogens is 1. The van der Waals surface area contributed by atoms with Crippen molar-refractivity contribution in [1.29, 1.82) is 0 Å². The second-order valence-electron chi connectivity index (χ2n) is 10.6. The molecule has 0 radical (unpaired) electrons. The molecule has 0 saturated carbocycles. The van der Waals surface area contributed by atoms with Crippen LogP contribution in [0.4, 0.5) is 10.5 Å². The number of hydrogen-bond donors (Lipinski definition) is 5. The van der Waals surface area contributed by atoms with Gasteiger partial charge in [-0.3, -0.25) is 19.7 Å². The monoisotopic (exact) mass is 580 g/mol. The summed E-state index contributed by atoms with van der Waals surface area (Å²) in [6.45, 7) is 5.99. The number of hydrogen-bond acceptors (Lipinski definition) is 9. The summed E-state index contributed by atoms with van der Waals surface area (Å²) >= 11 is 0. The molecule has 0 aliphatic heterocycles. The van der Waals surface area contributed by atoms with Gasteiger partial charge in [-0.25, -0.2) is 10.3 Å². The zero-order chi connectivity index (χ0) is 30.5. The molecule has 12 nitrogen and oxygen atoms in total. The fourth-order valence-corrected chi connectivity index (χ4v) is 3.75. The fraction of sp³-hybridized carbons (Fsp3) is 0.379. The van der Waals surface area contributed by atoms with Crippen LogP contribution in [-0.2, 0) is 21.0 Å². The van der Waals surface area contributed by atoms with Gasteiger partial charge >= 0.3 is 13.2 Å². The topological polar surface area (TPSA) is 172 Å². The Morgan fingerprint density at radius 3 is 2.31 bits per heavy atom. The molecule has 13 heteroatoms. The van der Waals surface area contributed by atoms with Crippen LogP contribution in [0.15, 0.2) is 59.1 Å². The fourth-order valence-electron chi connectivity index (χ4n) is 3.75. The molecule has 3 aromatic rings. The standard InChI is InChI=1S/C29H37BN4O8/c1-29(2,3)41-28(37)32-23-15-11-21(12-16-23)25-18-24(33-42-25)27(36)31-17-7-5-4-6-8-26(35)34-40-19-20-9-13-22(14-10-20)30(38)39/h9-16,18,38-39H,4-8,17,19H2,1-3H3,(H,31,36)(H,32,37)(H,34,35). The minimum absolute atomic E-state index is 0.166. The Bertz CT molecular complexity index is 1300. The Balaban J connectivity index is 1.27. The van der Waals surface area contributed by atoms with Crippen molar-refractivity contribution in [2.75, 3.05) is 11.9 Å². The molecule has 3 rings (SSSR count). The largest absolute Gasteiger partial charge is 0.488 e. The summed E-state index contributed by atoms with van der Waals surface area (Å²) in [4.78, 5) is 41.5. The molecular weight excluding hydrogens is 543 g/mol. The van der Waals surface area contributed by atoms with E-state index in [1.54, 1.807) is 75.4 Å². The molecule has 0 atom stereocenters. The van der Waals surface area contributed by atoms with Gasteiger partial charge < -0.3 is 24.6 Å². The average molecular weight is 580 g/mol. The molecule has 0 unspecified atom stereocenters. The van der Waals surface area contributed by atoms with E-state index in [1.165, 1.54) is 0 Å². The van der Waals surface area contributed by atoms with E-state index in [-0.39, 0.29) is 24.1 Å². The highest BCUT2D eigenvalue weighted by molar-refractivity contribution is 6.58. The number of hydroxylamine groups is 1. The van der Waals surface area contributed by atoms with Crippen LogP contribution in [0.25, 0.3) is 11.3 Å². The first-order chi connectivity index (χ1) is 20.0. The molecule has 5 N–H and O–H groups in total. The minimum atomic E-state index is -1.52. The van der Waals surface area contributed by atoms with E-state index in [4.69, 9.17) is 24.1 Å². The van der Waals surface area contributed by atoms with Gasteiger partial charge in [0.1, 0.15) is 5.60 Å². The first kappa shape index (κ1) is 32.3. The summed E-state index contributed by atoms with van der Waals surface area (Å²) in [5, 5.41) is 27.5. The summed E-state index contributed by atoms with van der Waals surface area (Å²) in [5.41, 5.74) is 4.39. The number of benzene rings is 2. The highest BCUT2D eigenvalue weighted by atomic mass is 16.6. The number of carbonyl (C=O) groups is 3. The number of nitrogens with one attached hydrogen (secondary N) is 3. The zero-order valence-electron chi connectivity index (χ0n) is 24.0. The Kier molecular flexibility index (Phi) is 12.1. The minimum Gasteiger partial charge on any atom is -0.444 e. The molecule has 0 fully saturated rings. The van der Waals surface area contributed by atoms with Crippen LogP contribution in [0.5, 0.6) is 0 Å². The van der Waals surface area contributed by atoms with Gasteiger partial charge in [-0.1, -0.05) is 42.3 Å². The average Bonchev–Trinajstić information content (AvgIpc) is 3.43. The summed E-state index contributed by atoms with van der Waals surface area (Å²) < 4.78 is 10.6. The Morgan fingerprint density at radius 1 is 0.952 bits per heavy atom. The predicted octanol–water partition coefficient (Wildman–Crippen LogP) is 3.30. The third-order valence-electron chi connectivity index (χ3n) is 5.88. The molecule has 0 spiro atoms. The van der Waals surface area contributed by atoms with E-state index >= 15 is 0 Å². The summed E-state index contributed by atoms with van der Waals surface area (Å²) in [5.74, 6) is -0.140. The van der Waals surface area contributed by atoms with Crippen molar-refractivity contribution in [3.05, 3.63) is 65.9 Å². The second kappa shape index (κ2) is 15.7. The third-order valence-corrected chi connectivity index (χ3v) is 5.88. The van der Waals surface area contributed by atoms with Crippen molar-refractivity contribution in [1.82, 2.24) is 16.0 Å². The molecule has 1 aromatic heterocycles. The van der Waals surface area contributed by atoms with E-state index in [0.717, 1.165) is 24.8 Å². The Morgan fingerprint density at radius 2 is 1.64 bits per heavy atom. The molecule has 0 aliphatic carbocycles. The maximum atomic E-state index is 12.4. The molecule has 0 saturated heterocycles. The number of unbranched alkanes of at least 4 members (excludes halogenated alkanes) is 3. The maximum absolute atomic E-state index is 12.4. The first-order valence-electron chi connectivity index (χ1n) is 13.7. The van der Waals surface area contributed by atoms with Gasteiger partial charge in [0.15, 0.2) is 11.5 Å². The molecule has 3 amide bonds. The van der Waals surface area contributed by atoms with Crippen molar-refractivity contribution in [3.8, 4) is 11.3 Å². The van der Waals surface area contributed by atoms with Gasteiger partial charge in [0.2, 0.25) is 5.91 Å². The van der Waals surface area contributed by atoms with E-state index in [2.05, 4.69) is 21.3 Å². The van der Waals surface area contributed by atoms with Gasteiger partial charge in [-0.05, 0) is 68.9 Å². The smallest absolute Gasteiger partial charge is 0.444 e. The number of anilines is 1. The maximum Gasteiger partial charge on any atom is 0.488 e. The lowest BCUT2D eigenvalue weighted by Crippen LogP contribution is -2.29. The van der Waals surface area contributed by atoms with Crippen LogP contribution in [0, 0.1) is 0 Å². The van der Waals surface area contributed by atoms with Gasteiger partial charge in [-0.2, -0.15) is 0 Å². The highest BCUT2D eigenvalue weighted by Crippen LogP contribution is 2.23. The second-order valence-corrected chi connectivity index (χ2v) is 10.6. The van der Waals surface area contributed by atoms with Crippen molar-refractivity contribution in [2.45, 2.75) is 65.1 Å². The number of rotatable bonds is 14. The van der Waals surface area contributed by atoms with E-state index < -0.39 is 18.8 Å². The molecule has 224 valence electrons. The first-order valence-corrected chi connectivity index (χ1v) is 13.7. The van der Waals surface area contributed by atoms with E-state index in [9.17, 15) is 14.4 Å². The van der Waals surface area contributed by atoms with Gasteiger partial charge in [0, 0.05) is 30.3 Å². The molecule has 0 aliphatic rings. The number of ether oxygens (including phenoxy) is 1. The molecule has 1 heterocycles. The van der Waals surface area contributed by atoms with Crippen LogP contribution in [0.2, 0.25) is 0 Å². The van der Waals surface area contributed by atoms with Crippen LogP contribution in [-0.4, -0.2) is 52.4 Å². The van der Waals surface area contributed by atoms with Gasteiger partial charge in [0.25, 0.3) is 5.91 Å². The predicted molar refractivity (Wildman–Crippen MR) is 156 cm³/mol. The van der Waals surface area contributed by atoms with Crippen molar-refractivity contribution >= 4 is 36.2 Å². The van der Waals surface area contributed by atoms with Crippen LogP contribution >= 0.6 is 0 Å². The SMILES string of the molecule is CC(C)(C)OC(=O)Nc1ccc(-c2cc(C(=O)NCCCCCCC(=O)NOCc3ccc(B(O)O)cc3)no2)cc1. The van der Waals surface area contributed by atoms with Crippen molar-refractivity contribution < 1.29 is 38.5 Å². The number of nitrogens with zero attached hydrogens (tertiary/aromatic N) is 1. The Labute approximate surface area is 244 Å². The number of amides is 3. The summed E-state index contributed by atoms with van der Waals surface area (Å²) in [6.07, 6.45) is 2.87.